The number of carbonyl (C=O) groups excluding carboxylic acids is 2. The number of rotatable bonds is 12. The number of aliphatic hydroxyl groups excluding tert-OH is 2. The molecule has 0 bridgehead atoms. The molecule has 2 unspecified atom stereocenters. The second-order valence-electron chi connectivity index (χ2n) is 10.8. The third-order valence-electron chi connectivity index (χ3n) is 7.79. The molecule has 6 heteroatoms. The van der Waals surface area contributed by atoms with Crippen molar-refractivity contribution in [1.29, 1.82) is 0 Å². The molecule has 0 spiro atoms. The van der Waals surface area contributed by atoms with E-state index in [-0.39, 0.29) is 24.4 Å². The zero-order chi connectivity index (χ0) is 30.7. The maximum absolute atomic E-state index is 12.0. The Bertz CT molecular complexity index is 1560. The molecule has 0 saturated heterocycles. The maximum atomic E-state index is 12.0. The first-order valence-corrected chi connectivity index (χ1v) is 14.1. The lowest BCUT2D eigenvalue weighted by Crippen LogP contribution is -2.29. The summed E-state index contributed by atoms with van der Waals surface area (Å²) >= 11 is 0. The number of hydrogen-bond acceptors (Lipinski definition) is 6. The Morgan fingerprint density at radius 3 is 1.33 bits per heavy atom. The molecule has 0 radical (unpaired) electrons. The van der Waals surface area contributed by atoms with Gasteiger partial charge < -0.3 is 19.7 Å². The van der Waals surface area contributed by atoms with Gasteiger partial charge in [0.15, 0.2) is 23.8 Å². The SMILES string of the molecule is C=C(C)C(=O)C(O)COc1ccc(C2(c3ccc(OCC(O)C(=O)C(=C)C)cc3)c3ccccc3-c3ccccc32)cc1. The van der Waals surface area contributed by atoms with Crippen LogP contribution in [0.25, 0.3) is 11.1 Å². The van der Waals surface area contributed by atoms with Crippen molar-refractivity contribution in [2.45, 2.75) is 31.5 Å². The molecular formula is C37H34O6. The third-order valence-corrected chi connectivity index (χ3v) is 7.79. The highest BCUT2D eigenvalue weighted by Gasteiger charge is 2.45. The quantitative estimate of drug-likeness (QED) is 0.183. The minimum absolute atomic E-state index is 0.171. The van der Waals surface area contributed by atoms with Gasteiger partial charge in [-0.15, -0.1) is 0 Å². The van der Waals surface area contributed by atoms with Crippen LogP contribution in [0.2, 0.25) is 0 Å². The van der Waals surface area contributed by atoms with Gasteiger partial charge in [0.1, 0.15) is 24.7 Å². The number of Topliss-reactive ketones (excluding diaryl/α,β-unsaturated/α-hetero) is 2. The smallest absolute Gasteiger partial charge is 0.189 e. The van der Waals surface area contributed by atoms with Crippen LogP contribution in [-0.4, -0.2) is 47.2 Å². The van der Waals surface area contributed by atoms with E-state index in [1.165, 1.54) is 0 Å². The molecule has 0 heterocycles. The van der Waals surface area contributed by atoms with E-state index >= 15 is 0 Å². The van der Waals surface area contributed by atoms with Crippen LogP contribution in [0.15, 0.2) is 121 Å². The van der Waals surface area contributed by atoms with Gasteiger partial charge in [0.2, 0.25) is 0 Å². The average molecular weight is 575 g/mol. The fourth-order valence-electron chi connectivity index (χ4n) is 5.70. The second kappa shape index (κ2) is 12.2. The van der Waals surface area contributed by atoms with Crippen molar-refractivity contribution in [3.8, 4) is 22.6 Å². The molecule has 6 nitrogen and oxygen atoms in total. The molecule has 43 heavy (non-hydrogen) atoms. The molecule has 0 saturated carbocycles. The number of carbonyl (C=O) groups is 2. The molecule has 1 aliphatic rings. The van der Waals surface area contributed by atoms with Gasteiger partial charge in [0.05, 0.1) is 5.41 Å². The van der Waals surface area contributed by atoms with Crippen LogP contribution in [-0.2, 0) is 15.0 Å². The number of ether oxygens (including phenoxy) is 2. The van der Waals surface area contributed by atoms with Gasteiger partial charge >= 0.3 is 0 Å². The minimum Gasteiger partial charge on any atom is -0.490 e. The number of fused-ring (bicyclic) bond motifs is 3. The first-order valence-electron chi connectivity index (χ1n) is 14.1. The van der Waals surface area contributed by atoms with Crippen molar-refractivity contribution in [3.05, 3.63) is 144 Å². The molecule has 2 N–H and O–H groups in total. The number of benzene rings is 4. The fraction of sp³-hybridized carbons (Fsp3) is 0.189. The summed E-state index contributed by atoms with van der Waals surface area (Å²) in [5.41, 5.74) is 6.45. The van der Waals surface area contributed by atoms with Gasteiger partial charge in [-0.05, 0) is 82.6 Å². The maximum Gasteiger partial charge on any atom is 0.189 e. The van der Waals surface area contributed by atoms with Gasteiger partial charge in [-0.25, -0.2) is 0 Å². The molecule has 1 aliphatic carbocycles. The molecule has 0 aliphatic heterocycles. The van der Waals surface area contributed by atoms with Gasteiger partial charge in [-0.2, -0.15) is 0 Å². The van der Waals surface area contributed by atoms with Crippen molar-refractivity contribution < 1.29 is 29.3 Å². The Morgan fingerprint density at radius 1 is 0.628 bits per heavy atom. The van der Waals surface area contributed by atoms with E-state index in [1.807, 2.05) is 72.8 Å². The van der Waals surface area contributed by atoms with Crippen LogP contribution in [0, 0.1) is 0 Å². The molecule has 0 aromatic heterocycles. The summed E-state index contributed by atoms with van der Waals surface area (Å²) in [6, 6.07) is 32.1. The Hall–Kier alpha value is -4.78. The predicted octanol–water partition coefficient (Wildman–Crippen LogP) is 5.82. The number of aliphatic hydroxyl groups is 2. The molecule has 218 valence electrons. The normalized spacial score (nSPS) is 14.1. The van der Waals surface area contributed by atoms with Crippen molar-refractivity contribution in [2.24, 2.45) is 0 Å². The minimum atomic E-state index is -1.28. The lowest BCUT2D eigenvalue weighted by Gasteiger charge is -2.34. The van der Waals surface area contributed by atoms with Crippen molar-refractivity contribution in [3.63, 3.8) is 0 Å². The van der Waals surface area contributed by atoms with E-state index in [9.17, 15) is 19.8 Å². The van der Waals surface area contributed by atoms with Crippen molar-refractivity contribution in [2.75, 3.05) is 13.2 Å². The fourth-order valence-corrected chi connectivity index (χ4v) is 5.70. The highest BCUT2D eigenvalue weighted by Crippen LogP contribution is 2.56. The zero-order valence-electron chi connectivity index (χ0n) is 24.2. The zero-order valence-corrected chi connectivity index (χ0v) is 24.2. The van der Waals surface area contributed by atoms with Gasteiger partial charge in [0.25, 0.3) is 0 Å². The summed E-state index contributed by atoms with van der Waals surface area (Å²) in [5, 5.41) is 20.3. The molecular weight excluding hydrogens is 540 g/mol. The number of ketones is 2. The van der Waals surface area contributed by atoms with E-state index in [2.05, 4.69) is 37.4 Å². The third kappa shape index (κ3) is 5.55. The van der Waals surface area contributed by atoms with Crippen LogP contribution < -0.4 is 9.47 Å². The first-order chi connectivity index (χ1) is 20.6. The van der Waals surface area contributed by atoms with Crippen LogP contribution in [0.3, 0.4) is 0 Å². The van der Waals surface area contributed by atoms with E-state index in [0.29, 0.717) is 11.5 Å². The first kappa shape index (κ1) is 29.7. The molecule has 0 fully saturated rings. The highest BCUT2D eigenvalue weighted by molar-refractivity contribution is 5.98. The van der Waals surface area contributed by atoms with Crippen molar-refractivity contribution >= 4 is 11.6 Å². The Morgan fingerprint density at radius 2 is 0.977 bits per heavy atom. The predicted molar refractivity (Wildman–Crippen MR) is 166 cm³/mol. The summed E-state index contributed by atoms with van der Waals surface area (Å²) in [6.07, 6.45) is -2.56. The van der Waals surface area contributed by atoms with Crippen LogP contribution in [0.5, 0.6) is 11.5 Å². The Kier molecular flexibility index (Phi) is 8.44. The van der Waals surface area contributed by atoms with E-state index in [4.69, 9.17) is 9.47 Å². The van der Waals surface area contributed by atoms with Gasteiger partial charge in [-0.3, -0.25) is 9.59 Å². The van der Waals surface area contributed by atoms with Gasteiger partial charge in [-0.1, -0.05) is 86.0 Å². The monoisotopic (exact) mass is 574 g/mol. The molecule has 2 atom stereocenters. The summed E-state index contributed by atoms with van der Waals surface area (Å²) < 4.78 is 11.5. The van der Waals surface area contributed by atoms with E-state index in [0.717, 1.165) is 33.4 Å². The lowest BCUT2D eigenvalue weighted by molar-refractivity contribution is -0.125. The summed E-state index contributed by atoms with van der Waals surface area (Å²) in [4.78, 5) is 24.0. The summed E-state index contributed by atoms with van der Waals surface area (Å²) in [5.74, 6) is 0.162. The molecule has 4 aromatic rings. The second-order valence-corrected chi connectivity index (χ2v) is 10.8. The molecule has 4 aromatic carbocycles. The van der Waals surface area contributed by atoms with E-state index in [1.54, 1.807) is 13.8 Å². The topological polar surface area (TPSA) is 93.1 Å². The van der Waals surface area contributed by atoms with E-state index < -0.39 is 29.2 Å². The lowest BCUT2D eigenvalue weighted by atomic mass is 9.68. The summed E-state index contributed by atoms with van der Waals surface area (Å²) in [6.45, 7) is 9.97. The van der Waals surface area contributed by atoms with Crippen LogP contribution in [0.1, 0.15) is 36.1 Å². The average Bonchev–Trinajstić information content (AvgIpc) is 3.33. The number of hydrogen-bond donors (Lipinski definition) is 2. The molecule has 0 amide bonds. The van der Waals surface area contributed by atoms with Gasteiger partial charge in [0, 0.05) is 0 Å². The molecule has 5 rings (SSSR count). The largest absolute Gasteiger partial charge is 0.490 e. The Labute approximate surface area is 251 Å². The summed E-state index contributed by atoms with van der Waals surface area (Å²) in [7, 11) is 0. The standard InChI is InChI=1S/C37H34O6/c1-23(2)35(40)33(38)21-42-27-17-13-25(14-18-27)37(31-11-7-5-9-29(31)30-10-6-8-12-32(30)37)26-15-19-28(20-16-26)43-22-34(39)36(41)24(3)4/h5-20,33-34,38-39H,1,3,21-22H2,2,4H3. The van der Waals surface area contributed by atoms with Crippen LogP contribution in [0.4, 0.5) is 0 Å². The van der Waals surface area contributed by atoms with Crippen molar-refractivity contribution in [1.82, 2.24) is 0 Å². The van der Waals surface area contributed by atoms with Crippen LogP contribution >= 0.6 is 0 Å². The Balaban J connectivity index is 1.52. The highest BCUT2D eigenvalue weighted by atomic mass is 16.5.